The van der Waals surface area contributed by atoms with Crippen LogP contribution in [0.25, 0.3) is 0 Å². The minimum atomic E-state index is -3.50. The van der Waals surface area contributed by atoms with Gasteiger partial charge in [0.25, 0.3) is 0 Å². The van der Waals surface area contributed by atoms with E-state index in [0.717, 1.165) is 11.3 Å². The monoisotopic (exact) mass is 333 g/mol. The van der Waals surface area contributed by atoms with E-state index in [1.165, 1.54) is 21.8 Å². The van der Waals surface area contributed by atoms with E-state index < -0.39 is 10.0 Å². The van der Waals surface area contributed by atoms with Gasteiger partial charge in [-0.1, -0.05) is 6.07 Å². The van der Waals surface area contributed by atoms with Crippen LogP contribution in [0.2, 0.25) is 0 Å². The van der Waals surface area contributed by atoms with Gasteiger partial charge in [-0.3, -0.25) is 4.68 Å². The SMILES string of the molecule is CN(Cc1cccs1)S(=O)(=O)c1cnn(CCCCl)c1. The Morgan fingerprint density at radius 3 is 2.95 bits per heavy atom. The highest BCUT2D eigenvalue weighted by molar-refractivity contribution is 7.89. The Labute approximate surface area is 127 Å². The maximum absolute atomic E-state index is 12.4. The Balaban J connectivity index is 2.10. The van der Waals surface area contributed by atoms with E-state index in [-0.39, 0.29) is 4.90 Å². The fourth-order valence-corrected chi connectivity index (χ4v) is 3.77. The molecule has 0 N–H and O–H groups in total. The van der Waals surface area contributed by atoms with Gasteiger partial charge in [-0.05, 0) is 17.9 Å². The Bertz CT molecular complexity index is 637. The summed E-state index contributed by atoms with van der Waals surface area (Å²) in [5.74, 6) is 0.528. The molecule has 2 aromatic rings. The first-order valence-corrected chi connectivity index (χ1v) is 8.96. The van der Waals surface area contributed by atoms with E-state index >= 15 is 0 Å². The molecule has 2 rings (SSSR count). The smallest absolute Gasteiger partial charge is 0.246 e. The lowest BCUT2D eigenvalue weighted by Crippen LogP contribution is -2.25. The highest BCUT2D eigenvalue weighted by Gasteiger charge is 2.22. The summed E-state index contributed by atoms with van der Waals surface area (Å²) in [5, 5.41) is 5.98. The predicted octanol–water partition coefficient (Wildman–Crippen LogP) is 2.39. The van der Waals surface area contributed by atoms with Gasteiger partial charge >= 0.3 is 0 Å². The lowest BCUT2D eigenvalue weighted by Gasteiger charge is -2.14. The molecule has 0 aromatic carbocycles. The molecule has 0 bridgehead atoms. The van der Waals surface area contributed by atoms with Crippen LogP contribution in [0.4, 0.5) is 0 Å². The van der Waals surface area contributed by atoms with E-state index in [0.29, 0.717) is 19.0 Å². The van der Waals surface area contributed by atoms with E-state index in [2.05, 4.69) is 5.10 Å². The standard InChI is InChI=1S/C12H16ClN3O2S2/c1-15(9-11-4-2-7-19-11)20(17,18)12-8-14-16(10-12)6-3-5-13/h2,4,7-8,10H,3,5-6,9H2,1H3. The Kier molecular flexibility index (Phi) is 5.20. The first kappa shape index (κ1) is 15.5. The second kappa shape index (κ2) is 6.71. The number of aryl methyl sites for hydroxylation is 1. The van der Waals surface area contributed by atoms with Crippen LogP contribution >= 0.6 is 22.9 Å². The van der Waals surface area contributed by atoms with Crippen molar-refractivity contribution in [2.45, 2.75) is 24.4 Å². The molecule has 2 aromatic heterocycles. The fourth-order valence-electron chi connectivity index (χ4n) is 1.71. The lowest BCUT2D eigenvalue weighted by molar-refractivity contribution is 0.469. The van der Waals surface area contributed by atoms with Crippen LogP contribution in [0.3, 0.4) is 0 Å². The summed E-state index contributed by atoms with van der Waals surface area (Å²) in [6.07, 6.45) is 3.69. The Morgan fingerprint density at radius 1 is 1.50 bits per heavy atom. The minimum absolute atomic E-state index is 0.214. The van der Waals surface area contributed by atoms with Crippen LogP contribution in [-0.4, -0.2) is 35.4 Å². The van der Waals surface area contributed by atoms with E-state index in [4.69, 9.17) is 11.6 Å². The number of nitrogens with zero attached hydrogens (tertiary/aromatic N) is 3. The molecule has 0 fully saturated rings. The summed E-state index contributed by atoms with van der Waals surface area (Å²) in [4.78, 5) is 1.22. The molecule has 0 spiro atoms. The van der Waals surface area contributed by atoms with Crippen molar-refractivity contribution in [1.29, 1.82) is 0 Å². The van der Waals surface area contributed by atoms with Gasteiger partial charge in [0.1, 0.15) is 4.90 Å². The van der Waals surface area contributed by atoms with Crippen molar-refractivity contribution in [3.8, 4) is 0 Å². The van der Waals surface area contributed by atoms with Crippen molar-refractivity contribution < 1.29 is 8.42 Å². The largest absolute Gasteiger partial charge is 0.271 e. The summed E-state index contributed by atoms with van der Waals surface area (Å²) >= 11 is 7.15. The molecule has 5 nitrogen and oxygen atoms in total. The number of hydrogen-bond acceptors (Lipinski definition) is 4. The topological polar surface area (TPSA) is 55.2 Å². The molecule has 0 atom stereocenters. The maximum atomic E-state index is 12.4. The van der Waals surface area contributed by atoms with E-state index in [1.807, 2.05) is 17.5 Å². The summed E-state index contributed by atoms with van der Waals surface area (Å²) in [5.41, 5.74) is 0. The predicted molar refractivity (Wildman–Crippen MR) is 80.5 cm³/mol. The number of halogens is 1. The van der Waals surface area contributed by atoms with Gasteiger partial charge in [0.2, 0.25) is 10.0 Å². The van der Waals surface area contributed by atoms with Crippen molar-refractivity contribution in [1.82, 2.24) is 14.1 Å². The Hall–Kier alpha value is -0.890. The molecule has 2 heterocycles. The van der Waals surface area contributed by atoms with Crippen LogP contribution in [0.1, 0.15) is 11.3 Å². The molecule has 0 amide bonds. The van der Waals surface area contributed by atoms with Gasteiger partial charge in [0, 0.05) is 37.1 Å². The van der Waals surface area contributed by atoms with Gasteiger partial charge in [0.15, 0.2) is 0 Å². The average molecular weight is 334 g/mol. The Morgan fingerprint density at radius 2 is 2.30 bits per heavy atom. The molecular formula is C12H16ClN3O2S2. The van der Waals surface area contributed by atoms with Crippen LogP contribution in [0, 0.1) is 0 Å². The van der Waals surface area contributed by atoms with Crippen LogP contribution < -0.4 is 0 Å². The third-order valence-corrected chi connectivity index (χ3v) is 5.68. The average Bonchev–Trinajstić information content (AvgIpc) is 3.07. The number of alkyl halides is 1. The van der Waals surface area contributed by atoms with E-state index in [9.17, 15) is 8.42 Å². The first-order chi connectivity index (χ1) is 9.54. The quantitative estimate of drug-likeness (QED) is 0.731. The van der Waals surface area contributed by atoms with Crippen molar-refractivity contribution >= 4 is 33.0 Å². The second-order valence-electron chi connectivity index (χ2n) is 4.32. The zero-order valence-electron chi connectivity index (χ0n) is 11.1. The molecule has 0 saturated heterocycles. The van der Waals surface area contributed by atoms with Gasteiger partial charge < -0.3 is 0 Å². The van der Waals surface area contributed by atoms with Gasteiger partial charge in [-0.2, -0.15) is 9.40 Å². The molecule has 110 valence electrons. The number of thiophene rings is 1. The van der Waals surface area contributed by atoms with Crippen molar-refractivity contribution in [2.75, 3.05) is 12.9 Å². The summed E-state index contributed by atoms with van der Waals surface area (Å²) in [7, 11) is -1.92. The van der Waals surface area contributed by atoms with Gasteiger partial charge in [-0.15, -0.1) is 22.9 Å². The molecule has 0 aliphatic carbocycles. The zero-order chi connectivity index (χ0) is 14.6. The summed E-state index contributed by atoms with van der Waals surface area (Å²) in [6.45, 7) is 0.987. The number of aromatic nitrogens is 2. The second-order valence-corrected chi connectivity index (χ2v) is 7.78. The molecule has 0 aliphatic rings. The normalized spacial score (nSPS) is 12.2. The van der Waals surface area contributed by atoms with Crippen molar-refractivity contribution in [3.63, 3.8) is 0 Å². The zero-order valence-corrected chi connectivity index (χ0v) is 13.5. The fraction of sp³-hybridized carbons (Fsp3) is 0.417. The number of sulfonamides is 1. The van der Waals surface area contributed by atoms with Gasteiger partial charge in [0.05, 0.1) is 6.20 Å². The molecule has 0 radical (unpaired) electrons. The van der Waals surface area contributed by atoms with E-state index in [1.54, 1.807) is 17.9 Å². The summed E-state index contributed by atoms with van der Waals surface area (Å²) < 4.78 is 27.7. The van der Waals surface area contributed by atoms with Crippen LogP contribution in [0.5, 0.6) is 0 Å². The lowest BCUT2D eigenvalue weighted by atomic mass is 10.5. The first-order valence-electron chi connectivity index (χ1n) is 6.11. The van der Waals surface area contributed by atoms with Crippen molar-refractivity contribution in [2.24, 2.45) is 0 Å². The minimum Gasteiger partial charge on any atom is -0.271 e. The number of rotatable bonds is 7. The third-order valence-electron chi connectivity index (χ3n) is 2.80. The highest BCUT2D eigenvalue weighted by atomic mass is 35.5. The highest BCUT2D eigenvalue weighted by Crippen LogP contribution is 2.18. The summed E-state index contributed by atoms with van der Waals surface area (Å²) in [6, 6.07) is 3.82. The third kappa shape index (κ3) is 3.60. The van der Waals surface area contributed by atoms with Crippen molar-refractivity contribution in [3.05, 3.63) is 34.8 Å². The molecule has 20 heavy (non-hydrogen) atoms. The molecule has 0 unspecified atom stereocenters. The molecular weight excluding hydrogens is 318 g/mol. The van der Waals surface area contributed by atoms with Gasteiger partial charge in [-0.25, -0.2) is 8.42 Å². The maximum Gasteiger partial charge on any atom is 0.246 e. The van der Waals surface area contributed by atoms with Crippen LogP contribution in [-0.2, 0) is 23.1 Å². The molecule has 8 heteroatoms. The number of hydrogen-bond donors (Lipinski definition) is 0. The van der Waals surface area contributed by atoms with Crippen LogP contribution in [0.15, 0.2) is 34.8 Å². The molecule has 0 aliphatic heterocycles. The molecule has 0 saturated carbocycles.